The summed E-state index contributed by atoms with van der Waals surface area (Å²) in [6.45, 7) is 0. The predicted molar refractivity (Wildman–Crippen MR) is 75.4 cm³/mol. The number of hydrazine groups is 1. The van der Waals surface area contributed by atoms with Crippen LogP contribution < -0.4 is 10.9 Å². The average molecular weight is 278 g/mol. The van der Waals surface area contributed by atoms with Crippen molar-refractivity contribution in [3.05, 3.63) is 30.3 Å². The highest BCUT2D eigenvalue weighted by Crippen LogP contribution is 2.28. The maximum atomic E-state index is 11.5. The van der Waals surface area contributed by atoms with Gasteiger partial charge in [0.25, 0.3) is 0 Å². The maximum absolute atomic E-state index is 11.5. The molecule has 19 heavy (non-hydrogen) atoms. The van der Waals surface area contributed by atoms with E-state index in [1.54, 1.807) is 11.8 Å². The van der Waals surface area contributed by atoms with Gasteiger partial charge in [-0.25, -0.2) is 0 Å². The van der Waals surface area contributed by atoms with Gasteiger partial charge in [-0.05, 0) is 37.1 Å². The van der Waals surface area contributed by atoms with Crippen LogP contribution in [0.4, 0.5) is 0 Å². The number of carbonyl (C=O) groups excluding carboxylic acids is 2. The lowest BCUT2D eigenvalue weighted by atomic mass is 10.3. The van der Waals surface area contributed by atoms with Crippen LogP contribution in [0.5, 0.6) is 0 Å². The van der Waals surface area contributed by atoms with Crippen LogP contribution in [0.25, 0.3) is 0 Å². The minimum Gasteiger partial charge on any atom is -0.273 e. The van der Waals surface area contributed by atoms with Gasteiger partial charge in [-0.15, -0.1) is 11.8 Å². The van der Waals surface area contributed by atoms with Crippen molar-refractivity contribution < 1.29 is 9.59 Å². The van der Waals surface area contributed by atoms with Crippen molar-refractivity contribution in [1.29, 1.82) is 0 Å². The highest BCUT2D eigenvalue weighted by molar-refractivity contribution is 7.99. The van der Waals surface area contributed by atoms with Gasteiger partial charge in [0.15, 0.2) is 0 Å². The quantitative estimate of drug-likeness (QED) is 0.476. The SMILES string of the molecule is O=C(CCCSc1ccccc1)NNC(=O)C1CC1. The molecule has 2 amide bonds. The molecule has 1 aliphatic carbocycles. The zero-order chi connectivity index (χ0) is 13.5. The molecule has 0 unspecified atom stereocenters. The molecule has 0 saturated heterocycles. The van der Waals surface area contributed by atoms with Crippen LogP contribution in [0, 0.1) is 5.92 Å². The smallest absolute Gasteiger partial charge is 0.241 e. The molecular formula is C14H18N2O2S. The monoisotopic (exact) mass is 278 g/mol. The molecule has 0 spiro atoms. The Balaban J connectivity index is 1.52. The highest BCUT2D eigenvalue weighted by atomic mass is 32.2. The van der Waals surface area contributed by atoms with Crippen molar-refractivity contribution in [2.75, 3.05) is 5.75 Å². The molecule has 1 saturated carbocycles. The maximum Gasteiger partial charge on any atom is 0.241 e. The van der Waals surface area contributed by atoms with E-state index in [1.807, 2.05) is 18.2 Å². The molecule has 102 valence electrons. The molecule has 5 heteroatoms. The van der Waals surface area contributed by atoms with E-state index in [9.17, 15) is 9.59 Å². The standard InChI is InChI=1S/C14H18N2O2S/c17-13(15-16-14(18)11-8-9-11)7-4-10-19-12-5-2-1-3-6-12/h1-3,5-6,11H,4,7-10H2,(H,15,17)(H,16,18). The van der Waals surface area contributed by atoms with E-state index in [2.05, 4.69) is 23.0 Å². The largest absolute Gasteiger partial charge is 0.273 e. The third-order valence-corrected chi connectivity index (χ3v) is 3.93. The first kappa shape index (κ1) is 13.9. The Kier molecular flexibility index (Phi) is 5.27. The van der Waals surface area contributed by atoms with Gasteiger partial charge in [0.05, 0.1) is 0 Å². The first-order valence-electron chi connectivity index (χ1n) is 6.52. The summed E-state index contributed by atoms with van der Waals surface area (Å²) in [6.07, 6.45) is 3.11. The van der Waals surface area contributed by atoms with Gasteiger partial charge in [-0.1, -0.05) is 18.2 Å². The molecule has 1 aromatic carbocycles. The van der Waals surface area contributed by atoms with Crippen molar-refractivity contribution >= 4 is 23.6 Å². The van der Waals surface area contributed by atoms with Crippen molar-refractivity contribution in [3.8, 4) is 0 Å². The van der Waals surface area contributed by atoms with E-state index in [0.29, 0.717) is 6.42 Å². The minimum atomic E-state index is -0.123. The van der Waals surface area contributed by atoms with Crippen LogP contribution in [-0.4, -0.2) is 17.6 Å². The highest BCUT2D eigenvalue weighted by Gasteiger charge is 2.29. The van der Waals surface area contributed by atoms with Gasteiger partial charge >= 0.3 is 0 Å². The van der Waals surface area contributed by atoms with Crippen LogP contribution >= 0.6 is 11.8 Å². The molecule has 0 aliphatic heterocycles. The number of carbonyl (C=O) groups is 2. The molecule has 0 radical (unpaired) electrons. The fourth-order valence-electron chi connectivity index (χ4n) is 1.58. The lowest BCUT2D eigenvalue weighted by Gasteiger charge is -2.06. The van der Waals surface area contributed by atoms with E-state index in [4.69, 9.17) is 0 Å². The molecular weight excluding hydrogens is 260 g/mol. The number of rotatable bonds is 6. The number of hydrogen-bond acceptors (Lipinski definition) is 3. The lowest BCUT2D eigenvalue weighted by molar-refractivity contribution is -0.129. The van der Waals surface area contributed by atoms with E-state index >= 15 is 0 Å². The molecule has 0 aromatic heterocycles. The van der Waals surface area contributed by atoms with E-state index in [0.717, 1.165) is 25.0 Å². The summed E-state index contributed by atoms with van der Waals surface area (Å²) in [5, 5.41) is 0. The number of benzene rings is 1. The predicted octanol–water partition coefficient (Wildman–Crippen LogP) is 2.12. The summed E-state index contributed by atoms with van der Waals surface area (Å²) in [5.74, 6) is 0.831. The molecule has 4 nitrogen and oxygen atoms in total. The van der Waals surface area contributed by atoms with Crippen LogP contribution in [0.2, 0.25) is 0 Å². The van der Waals surface area contributed by atoms with Crippen LogP contribution in [0.3, 0.4) is 0 Å². The first-order valence-corrected chi connectivity index (χ1v) is 7.51. The minimum absolute atomic E-state index is 0.0630. The first-order chi connectivity index (χ1) is 9.25. The molecule has 2 rings (SSSR count). The molecule has 1 fully saturated rings. The molecule has 0 atom stereocenters. The number of thioether (sulfide) groups is 1. The van der Waals surface area contributed by atoms with Crippen molar-refractivity contribution in [1.82, 2.24) is 10.9 Å². The summed E-state index contributed by atoms with van der Waals surface area (Å²) < 4.78 is 0. The molecule has 0 bridgehead atoms. The molecule has 1 aliphatic rings. The Bertz CT molecular complexity index is 432. The summed E-state index contributed by atoms with van der Waals surface area (Å²) in [6, 6.07) is 10.1. The summed E-state index contributed by atoms with van der Waals surface area (Å²) in [7, 11) is 0. The fraction of sp³-hybridized carbons (Fsp3) is 0.429. The van der Waals surface area contributed by atoms with Gasteiger partial charge in [-0.2, -0.15) is 0 Å². The Hall–Kier alpha value is -1.49. The molecule has 2 N–H and O–H groups in total. The normalized spacial score (nSPS) is 13.9. The Morgan fingerprint density at radius 3 is 2.58 bits per heavy atom. The third-order valence-electron chi connectivity index (χ3n) is 2.83. The second-order valence-corrected chi connectivity index (χ2v) is 5.75. The number of nitrogens with one attached hydrogen (secondary N) is 2. The summed E-state index contributed by atoms with van der Waals surface area (Å²) in [5.41, 5.74) is 4.91. The number of amides is 2. The van der Waals surface area contributed by atoms with Gasteiger partial charge in [0, 0.05) is 17.2 Å². The molecule has 0 heterocycles. The Morgan fingerprint density at radius 2 is 1.89 bits per heavy atom. The Morgan fingerprint density at radius 1 is 1.16 bits per heavy atom. The van der Waals surface area contributed by atoms with Gasteiger partial charge < -0.3 is 0 Å². The van der Waals surface area contributed by atoms with Crippen LogP contribution in [-0.2, 0) is 9.59 Å². The van der Waals surface area contributed by atoms with E-state index in [1.165, 1.54) is 4.90 Å². The van der Waals surface area contributed by atoms with Crippen LogP contribution in [0.1, 0.15) is 25.7 Å². The average Bonchev–Trinajstić information content (AvgIpc) is 3.27. The van der Waals surface area contributed by atoms with Crippen molar-refractivity contribution in [2.24, 2.45) is 5.92 Å². The van der Waals surface area contributed by atoms with E-state index < -0.39 is 0 Å². The molecule has 1 aromatic rings. The zero-order valence-electron chi connectivity index (χ0n) is 10.7. The topological polar surface area (TPSA) is 58.2 Å². The lowest BCUT2D eigenvalue weighted by Crippen LogP contribution is -2.42. The fourth-order valence-corrected chi connectivity index (χ4v) is 2.45. The second-order valence-electron chi connectivity index (χ2n) is 4.58. The van der Waals surface area contributed by atoms with E-state index in [-0.39, 0.29) is 17.7 Å². The summed E-state index contributed by atoms with van der Waals surface area (Å²) in [4.78, 5) is 24.0. The van der Waals surface area contributed by atoms with Crippen molar-refractivity contribution in [2.45, 2.75) is 30.6 Å². The van der Waals surface area contributed by atoms with Crippen LogP contribution in [0.15, 0.2) is 35.2 Å². The van der Waals surface area contributed by atoms with Gasteiger partial charge in [0.1, 0.15) is 0 Å². The Labute approximate surface area is 117 Å². The van der Waals surface area contributed by atoms with Gasteiger partial charge in [-0.3, -0.25) is 20.4 Å². The third kappa shape index (κ3) is 5.34. The summed E-state index contributed by atoms with van der Waals surface area (Å²) >= 11 is 1.73. The number of hydrogen-bond donors (Lipinski definition) is 2. The van der Waals surface area contributed by atoms with Gasteiger partial charge in [0.2, 0.25) is 11.8 Å². The second kappa shape index (κ2) is 7.19. The van der Waals surface area contributed by atoms with Crippen molar-refractivity contribution in [3.63, 3.8) is 0 Å². The zero-order valence-corrected chi connectivity index (χ0v) is 11.5.